The molecule has 2 atom stereocenters. The van der Waals surface area contributed by atoms with Crippen LogP contribution in [0, 0.1) is 0 Å². The fourth-order valence-electron chi connectivity index (χ4n) is 2.95. The number of carbonyl (C=O) groups is 1. The molecule has 0 aliphatic rings. The van der Waals surface area contributed by atoms with Crippen LogP contribution >= 0.6 is 0 Å². The van der Waals surface area contributed by atoms with Crippen LogP contribution in [0.4, 0.5) is 11.5 Å². The van der Waals surface area contributed by atoms with E-state index in [0.717, 1.165) is 9.87 Å². The molecule has 144 valence electrons. The quantitative estimate of drug-likeness (QED) is 0.586. The summed E-state index contributed by atoms with van der Waals surface area (Å²) in [5, 5.41) is 3.02. The summed E-state index contributed by atoms with van der Waals surface area (Å²) < 4.78 is 23.0. The van der Waals surface area contributed by atoms with Crippen molar-refractivity contribution in [1.82, 2.24) is 10.3 Å². The number of rotatable bonds is 7. The first kappa shape index (κ1) is 19.7. The van der Waals surface area contributed by atoms with Gasteiger partial charge in [-0.1, -0.05) is 55.5 Å². The first-order valence-corrected chi connectivity index (χ1v) is 9.95. The van der Waals surface area contributed by atoms with Gasteiger partial charge in [0.2, 0.25) is 0 Å². The van der Waals surface area contributed by atoms with E-state index in [4.69, 9.17) is 0 Å². The lowest BCUT2D eigenvalue weighted by Gasteiger charge is -2.23. The van der Waals surface area contributed by atoms with Crippen molar-refractivity contribution in [2.45, 2.75) is 19.4 Å². The SMILES string of the molecule is CCC(NC(=O)c1ccccc1N(c1ccccn1)S(=O)O)c1ccccc1. The third-order valence-corrected chi connectivity index (χ3v) is 4.99. The van der Waals surface area contributed by atoms with Crippen LogP contribution in [0.25, 0.3) is 0 Å². The van der Waals surface area contributed by atoms with Crippen LogP contribution in [0.15, 0.2) is 79.0 Å². The lowest BCUT2D eigenvalue weighted by Crippen LogP contribution is -2.30. The molecule has 2 aromatic carbocycles. The summed E-state index contributed by atoms with van der Waals surface area (Å²) in [5.74, 6) is -0.0450. The van der Waals surface area contributed by atoms with Crippen molar-refractivity contribution in [2.24, 2.45) is 0 Å². The van der Waals surface area contributed by atoms with Crippen LogP contribution in [-0.4, -0.2) is 19.7 Å². The predicted octanol–water partition coefficient (Wildman–Crippen LogP) is 4.24. The van der Waals surface area contributed by atoms with Gasteiger partial charge in [0.15, 0.2) is 0 Å². The van der Waals surface area contributed by atoms with Crippen LogP contribution in [0.3, 0.4) is 0 Å². The second-order valence-electron chi connectivity index (χ2n) is 6.08. The smallest absolute Gasteiger partial charge is 0.267 e. The lowest BCUT2D eigenvalue weighted by atomic mass is 10.0. The molecule has 0 radical (unpaired) electrons. The Morgan fingerprint density at radius 1 is 1.07 bits per heavy atom. The Kier molecular flexibility index (Phi) is 6.52. The number of carbonyl (C=O) groups excluding carboxylic acids is 1. The van der Waals surface area contributed by atoms with Gasteiger partial charge in [-0.15, -0.1) is 0 Å². The number of pyridine rings is 1. The third-order valence-electron chi connectivity index (χ3n) is 4.30. The molecule has 7 heteroatoms. The molecule has 28 heavy (non-hydrogen) atoms. The zero-order chi connectivity index (χ0) is 19.9. The van der Waals surface area contributed by atoms with Crippen LogP contribution in [0.2, 0.25) is 0 Å². The Labute approximate surface area is 166 Å². The molecule has 0 saturated heterocycles. The van der Waals surface area contributed by atoms with E-state index in [9.17, 15) is 13.6 Å². The van der Waals surface area contributed by atoms with Crippen molar-refractivity contribution in [3.8, 4) is 0 Å². The Bertz CT molecular complexity index is 951. The predicted molar refractivity (Wildman–Crippen MR) is 111 cm³/mol. The number of benzene rings is 2. The molecule has 1 heterocycles. The van der Waals surface area contributed by atoms with E-state index >= 15 is 0 Å². The number of nitrogens with one attached hydrogen (secondary N) is 1. The summed E-state index contributed by atoms with van der Waals surface area (Å²) in [6.45, 7) is 1.99. The maximum absolute atomic E-state index is 13.0. The van der Waals surface area contributed by atoms with Gasteiger partial charge >= 0.3 is 0 Å². The average Bonchev–Trinajstić information content (AvgIpc) is 2.73. The number of amides is 1. The highest BCUT2D eigenvalue weighted by atomic mass is 32.2. The van der Waals surface area contributed by atoms with E-state index in [0.29, 0.717) is 17.7 Å². The largest absolute Gasteiger partial charge is 0.345 e. The second kappa shape index (κ2) is 9.25. The summed E-state index contributed by atoms with van der Waals surface area (Å²) in [5.41, 5.74) is 1.61. The van der Waals surface area contributed by atoms with E-state index in [1.54, 1.807) is 42.5 Å². The number of nitrogens with zero attached hydrogens (tertiary/aromatic N) is 2. The monoisotopic (exact) mass is 395 g/mol. The summed E-state index contributed by atoms with van der Waals surface area (Å²) in [6.07, 6.45) is 2.24. The molecular weight excluding hydrogens is 374 g/mol. The molecule has 0 saturated carbocycles. The molecular formula is C21H21N3O3S. The average molecular weight is 395 g/mol. The minimum absolute atomic E-state index is 0.162. The Morgan fingerprint density at radius 3 is 2.39 bits per heavy atom. The van der Waals surface area contributed by atoms with E-state index in [2.05, 4.69) is 10.3 Å². The van der Waals surface area contributed by atoms with E-state index in [1.165, 1.54) is 6.20 Å². The van der Waals surface area contributed by atoms with Crippen LogP contribution in [0.1, 0.15) is 35.3 Å². The van der Waals surface area contributed by atoms with Gasteiger partial charge in [-0.2, -0.15) is 0 Å². The number of para-hydroxylation sites is 1. The van der Waals surface area contributed by atoms with Crippen LogP contribution in [0.5, 0.6) is 0 Å². The van der Waals surface area contributed by atoms with Gasteiger partial charge in [0, 0.05) is 6.20 Å². The Balaban J connectivity index is 1.95. The fourth-order valence-corrected chi connectivity index (χ4v) is 3.54. The normalized spacial score (nSPS) is 12.8. The minimum atomic E-state index is -2.39. The van der Waals surface area contributed by atoms with E-state index in [1.807, 2.05) is 37.3 Å². The first-order chi connectivity index (χ1) is 13.6. The fraction of sp³-hybridized carbons (Fsp3) is 0.143. The molecule has 3 aromatic rings. The van der Waals surface area contributed by atoms with Crippen LogP contribution in [-0.2, 0) is 11.3 Å². The molecule has 0 aliphatic heterocycles. The van der Waals surface area contributed by atoms with Crippen molar-refractivity contribution in [3.63, 3.8) is 0 Å². The zero-order valence-electron chi connectivity index (χ0n) is 15.4. The Morgan fingerprint density at radius 2 is 1.75 bits per heavy atom. The van der Waals surface area contributed by atoms with Crippen molar-refractivity contribution in [2.75, 3.05) is 4.31 Å². The van der Waals surface area contributed by atoms with Gasteiger partial charge in [-0.3, -0.25) is 9.35 Å². The van der Waals surface area contributed by atoms with Gasteiger partial charge in [0.05, 0.1) is 17.3 Å². The van der Waals surface area contributed by atoms with Crippen molar-refractivity contribution in [3.05, 3.63) is 90.1 Å². The summed E-state index contributed by atoms with van der Waals surface area (Å²) in [4.78, 5) is 17.2. The first-order valence-electron chi connectivity index (χ1n) is 8.88. The number of hydrogen-bond donors (Lipinski definition) is 2. The molecule has 0 fully saturated rings. The van der Waals surface area contributed by atoms with Gasteiger partial charge in [-0.25, -0.2) is 13.5 Å². The van der Waals surface area contributed by atoms with Gasteiger partial charge in [0.25, 0.3) is 17.2 Å². The number of aromatic nitrogens is 1. The Hall–Kier alpha value is -3.03. The molecule has 1 amide bonds. The molecule has 2 N–H and O–H groups in total. The number of hydrogen-bond acceptors (Lipinski definition) is 3. The molecule has 2 unspecified atom stereocenters. The molecule has 0 spiro atoms. The van der Waals surface area contributed by atoms with Gasteiger partial charge in [-0.05, 0) is 36.2 Å². The van der Waals surface area contributed by atoms with E-state index in [-0.39, 0.29) is 17.8 Å². The zero-order valence-corrected chi connectivity index (χ0v) is 16.2. The highest BCUT2D eigenvalue weighted by Gasteiger charge is 2.23. The maximum atomic E-state index is 13.0. The second-order valence-corrected chi connectivity index (χ2v) is 6.90. The topological polar surface area (TPSA) is 82.5 Å². The molecule has 3 rings (SSSR count). The lowest BCUT2D eigenvalue weighted by molar-refractivity contribution is 0.0936. The maximum Gasteiger partial charge on any atom is 0.267 e. The van der Waals surface area contributed by atoms with E-state index < -0.39 is 11.3 Å². The van der Waals surface area contributed by atoms with Gasteiger partial charge in [0.1, 0.15) is 5.82 Å². The van der Waals surface area contributed by atoms with Crippen molar-refractivity contribution >= 4 is 28.7 Å². The minimum Gasteiger partial charge on any atom is -0.345 e. The summed E-state index contributed by atoms with van der Waals surface area (Å²) >= 11 is -2.39. The van der Waals surface area contributed by atoms with Crippen LogP contribution < -0.4 is 9.62 Å². The summed E-state index contributed by atoms with van der Waals surface area (Å²) in [7, 11) is 0. The highest BCUT2D eigenvalue weighted by Crippen LogP contribution is 2.29. The number of anilines is 2. The van der Waals surface area contributed by atoms with Gasteiger partial charge < -0.3 is 5.32 Å². The highest BCUT2D eigenvalue weighted by molar-refractivity contribution is 7.81. The third kappa shape index (κ3) is 4.44. The van der Waals surface area contributed by atoms with Crippen molar-refractivity contribution < 1.29 is 13.6 Å². The summed E-state index contributed by atoms with van der Waals surface area (Å²) in [6, 6.07) is 21.3. The molecule has 0 aliphatic carbocycles. The molecule has 0 bridgehead atoms. The standard InChI is InChI=1S/C21H21N3O3S/c1-2-18(16-10-4-3-5-11-16)23-21(25)17-12-6-7-13-19(17)24(28(26)27)20-14-8-9-15-22-20/h3-15,18H,2H2,1H3,(H,23,25)(H,26,27). The molecule has 6 nitrogen and oxygen atoms in total. The van der Waals surface area contributed by atoms with Crippen molar-refractivity contribution in [1.29, 1.82) is 0 Å². The molecule has 1 aromatic heterocycles.